The quantitative estimate of drug-likeness (QED) is 0.0845. The topological polar surface area (TPSA) is 0 Å². The SMILES string of the molecule is [CH2]CCCCC(CCCCCCCCCCCCCC)CCCCCCCCCCCCCCC. The van der Waals surface area contributed by atoms with Gasteiger partial charge in [0.2, 0.25) is 0 Å². The second-order valence-corrected chi connectivity index (χ2v) is 11.9. The highest BCUT2D eigenvalue weighted by atomic mass is 14.1. The van der Waals surface area contributed by atoms with Crippen molar-refractivity contribution in [1.29, 1.82) is 0 Å². The molecular formula is C35H71. The van der Waals surface area contributed by atoms with E-state index in [0.717, 1.165) is 12.3 Å². The largest absolute Gasteiger partial charge is 0.0654 e. The molecule has 0 aliphatic carbocycles. The van der Waals surface area contributed by atoms with Gasteiger partial charge < -0.3 is 0 Å². The van der Waals surface area contributed by atoms with Crippen LogP contribution >= 0.6 is 0 Å². The number of hydrogen-bond acceptors (Lipinski definition) is 0. The Morgan fingerprint density at radius 2 is 0.543 bits per heavy atom. The molecule has 0 nitrogen and oxygen atoms in total. The molecule has 0 saturated carbocycles. The second-order valence-electron chi connectivity index (χ2n) is 11.9. The molecule has 0 amide bonds. The zero-order valence-corrected chi connectivity index (χ0v) is 25.2. The van der Waals surface area contributed by atoms with E-state index in [-0.39, 0.29) is 0 Å². The Hall–Kier alpha value is 0. The van der Waals surface area contributed by atoms with Gasteiger partial charge in [-0.05, 0) is 5.92 Å². The lowest BCUT2D eigenvalue weighted by Crippen LogP contribution is -2.01. The first-order valence-corrected chi connectivity index (χ1v) is 17.1. The van der Waals surface area contributed by atoms with Crippen LogP contribution in [-0.2, 0) is 0 Å². The van der Waals surface area contributed by atoms with E-state index in [2.05, 4.69) is 20.8 Å². The molecule has 1 unspecified atom stereocenters. The monoisotopic (exact) mass is 492 g/mol. The average molecular weight is 492 g/mol. The van der Waals surface area contributed by atoms with Crippen LogP contribution in [0, 0.1) is 12.8 Å². The Morgan fingerprint density at radius 1 is 0.314 bits per heavy atom. The molecule has 0 aromatic rings. The standard InChI is InChI=1S/C35H71/c1-4-7-10-12-14-16-18-20-22-24-26-28-31-34-35(32-29-9-6-3)33-30-27-25-23-21-19-17-15-13-11-8-5-2/h35H,3-34H2,1-2H3. The summed E-state index contributed by atoms with van der Waals surface area (Å²) >= 11 is 0. The minimum atomic E-state index is 1.01. The Kier molecular flexibility index (Phi) is 32.0. The average Bonchev–Trinajstić information content (AvgIpc) is 2.87. The third-order valence-corrected chi connectivity index (χ3v) is 8.29. The van der Waals surface area contributed by atoms with Gasteiger partial charge >= 0.3 is 0 Å². The lowest BCUT2D eigenvalue weighted by Gasteiger charge is -2.17. The van der Waals surface area contributed by atoms with Gasteiger partial charge in [-0.15, -0.1) is 0 Å². The molecule has 0 rings (SSSR count). The molecule has 211 valence electrons. The van der Waals surface area contributed by atoms with Crippen molar-refractivity contribution in [1.82, 2.24) is 0 Å². The molecule has 35 heavy (non-hydrogen) atoms. The Morgan fingerprint density at radius 3 is 0.800 bits per heavy atom. The van der Waals surface area contributed by atoms with Crippen molar-refractivity contribution in [3.8, 4) is 0 Å². The van der Waals surface area contributed by atoms with Gasteiger partial charge in [0.15, 0.2) is 0 Å². The molecular weight excluding hydrogens is 420 g/mol. The fraction of sp³-hybridized carbons (Fsp3) is 0.971. The molecule has 0 aromatic heterocycles. The molecule has 0 spiro atoms. The van der Waals surface area contributed by atoms with E-state index >= 15 is 0 Å². The van der Waals surface area contributed by atoms with E-state index < -0.39 is 0 Å². The van der Waals surface area contributed by atoms with Crippen molar-refractivity contribution < 1.29 is 0 Å². The maximum atomic E-state index is 4.06. The maximum Gasteiger partial charge on any atom is -0.0414 e. The lowest BCUT2D eigenvalue weighted by molar-refractivity contribution is 0.368. The highest BCUT2D eigenvalue weighted by molar-refractivity contribution is 4.62. The van der Waals surface area contributed by atoms with E-state index in [9.17, 15) is 0 Å². The molecule has 0 aliphatic rings. The van der Waals surface area contributed by atoms with Gasteiger partial charge in [-0.2, -0.15) is 0 Å². The second kappa shape index (κ2) is 32.0. The van der Waals surface area contributed by atoms with Crippen LogP contribution in [0.3, 0.4) is 0 Å². The zero-order valence-electron chi connectivity index (χ0n) is 25.2. The van der Waals surface area contributed by atoms with Crippen molar-refractivity contribution in [3.05, 3.63) is 6.92 Å². The normalized spacial score (nSPS) is 12.4. The van der Waals surface area contributed by atoms with Gasteiger partial charge in [0, 0.05) is 0 Å². The zero-order chi connectivity index (χ0) is 25.5. The first-order valence-electron chi connectivity index (χ1n) is 17.1. The van der Waals surface area contributed by atoms with E-state index in [1.807, 2.05) is 0 Å². The van der Waals surface area contributed by atoms with Crippen LogP contribution in [0.5, 0.6) is 0 Å². The Labute approximate surface area is 225 Å². The van der Waals surface area contributed by atoms with Crippen LogP contribution < -0.4 is 0 Å². The summed E-state index contributed by atoms with van der Waals surface area (Å²) in [7, 11) is 0. The maximum absolute atomic E-state index is 4.06. The summed E-state index contributed by atoms with van der Waals surface area (Å²) < 4.78 is 0. The summed E-state index contributed by atoms with van der Waals surface area (Å²) in [5, 5.41) is 0. The van der Waals surface area contributed by atoms with E-state index in [0.29, 0.717) is 0 Å². The highest BCUT2D eigenvalue weighted by Gasteiger charge is 2.08. The van der Waals surface area contributed by atoms with Gasteiger partial charge in [0.05, 0.1) is 0 Å². The highest BCUT2D eigenvalue weighted by Crippen LogP contribution is 2.24. The summed E-state index contributed by atoms with van der Waals surface area (Å²) in [6.07, 6.45) is 45.1. The van der Waals surface area contributed by atoms with Gasteiger partial charge in [-0.3, -0.25) is 0 Å². The van der Waals surface area contributed by atoms with Crippen LogP contribution in [0.2, 0.25) is 0 Å². The molecule has 0 aromatic carbocycles. The summed E-state index contributed by atoms with van der Waals surface area (Å²) in [4.78, 5) is 0. The molecule has 1 atom stereocenters. The Balaban J connectivity index is 3.57. The smallest absolute Gasteiger partial charge is 0.0414 e. The third kappa shape index (κ3) is 30.1. The van der Waals surface area contributed by atoms with Gasteiger partial charge in [0.1, 0.15) is 0 Å². The van der Waals surface area contributed by atoms with E-state index in [1.54, 1.807) is 0 Å². The summed E-state index contributed by atoms with van der Waals surface area (Å²) in [6.45, 7) is 8.68. The first-order chi connectivity index (χ1) is 17.3. The molecule has 0 heterocycles. The summed E-state index contributed by atoms with van der Waals surface area (Å²) in [5.41, 5.74) is 0. The first kappa shape index (κ1) is 35.0. The third-order valence-electron chi connectivity index (χ3n) is 8.29. The van der Waals surface area contributed by atoms with Crippen LogP contribution in [0.1, 0.15) is 213 Å². The lowest BCUT2D eigenvalue weighted by atomic mass is 9.89. The van der Waals surface area contributed by atoms with Crippen LogP contribution in [0.4, 0.5) is 0 Å². The van der Waals surface area contributed by atoms with Gasteiger partial charge in [-0.25, -0.2) is 0 Å². The fourth-order valence-electron chi connectivity index (χ4n) is 5.77. The number of unbranched alkanes of at least 4 members (excludes halogenated alkanes) is 25. The van der Waals surface area contributed by atoms with Gasteiger partial charge in [0.25, 0.3) is 0 Å². The predicted molar refractivity (Wildman–Crippen MR) is 163 cm³/mol. The molecule has 1 radical (unpaired) electrons. The fourth-order valence-corrected chi connectivity index (χ4v) is 5.77. The van der Waals surface area contributed by atoms with Crippen LogP contribution in [0.25, 0.3) is 0 Å². The summed E-state index contributed by atoms with van der Waals surface area (Å²) in [5.74, 6) is 1.01. The molecule has 0 saturated heterocycles. The molecule has 0 aliphatic heterocycles. The minimum absolute atomic E-state index is 1.01. The number of rotatable bonds is 31. The van der Waals surface area contributed by atoms with E-state index in [4.69, 9.17) is 0 Å². The molecule has 0 heteroatoms. The van der Waals surface area contributed by atoms with Crippen molar-refractivity contribution in [2.45, 2.75) is 213 Å². The molecule has 0 N–H and O–H groups in total. The van der Waals surface area contributed by atoms with Crippen molar-refractivity contribution >= 4 is 0 Å². The van der Waals surface area contributed by atoms with Crippen LogP contribution in [0.15, 0.2) is 0 Å². The van der Waals surface area contributed by atoms with E-state index in [1.165, 1.54) is 193 Å². The summed E-state index contributed by atoms with van der Waals surface area (Å²) in [6, 6.07) is 0. The minimum Gasteiger partial charge on any atom is -0.0654 e. The van der Waals surface area contributed by atoms with Crippen molar-refractivity contribution in [3.63, 3.8) is 0 Å². The van der Waals surface area contributed by atoms with Crippen molar-refractivity contribution in [2.75, 3.05) is 0 Å². The molecule has 0 fully saturated rings. The van der Waals surface area contributed by atoms with Crippen molar-refractivity contribution in [2.24, 2.45) is 5.92 Å². The predicted octanol–water partition coefficient (Wildman–Crippen LogP) is 13.6. The molecule has 0 bridgehead atoms. The van der Waals surface area contributed by atoms with Crippen LogP contribution in [-0.4, -0.2) is 0 Å². The Bertz CT molecular complexity index is 346. The number of hydrogen-bond donors (Lipinski definition) is 0. The van der Waals surface area contributed by atoms with Gasteiger partial charge in [-0.1, -0.05) is 220 Å².